The van der Waals surface area contributed by atoms with Crippen molar-refractivity contribution in [3.8, 4) is 5.75 Å². The van der Waals surface area contributed by atoms with Gasteiger partial charge in [0.2, 0.25) is 11.8 Å². The molecule has 1 aliphatic carbocycles. The van der Waals surface area contributed by atoms with Crippen molar-refractivity contribution < 1.29 is 19.4 Å². The highest BCUT2D eigenvalue weighted by Crippen LogP contribution is 2.37. The van der Waals surface area contributed by atoms with Crippen molar-refractivity contribution >= 4 is 11.8 Å². The Kier molecular flexibility index (Phi) is 7.83. The second-order valence-electron chi connectivity index (χ2n) is 10.5. The number of ether oxygens (including phenoxy) is 1. The molecule has 7 nitrogen and oxygen atoms in total. The Labute approximate surface area is 203 Å². The number of hydrogen-bond donors (Lipinski definition) is 2. The topological polar surface area (TPSA) is 82.1 Å². The van der Waals surface area contributed by atoms with Crippen molar-refractivity contribution in [2.75, 3.05) is 26.7 Å². The lowest BCUT2D eigenvalue weighted by Gasteiger charge is -2.52. The first-order chi connectivity index (χ1) is 16.4. The summed E-state index contributed by atoms with van der Waals surface area (Å²) in [5, 5.41) is 14.1. The lowest BCUT2D eigenvalue weighted by atomic mass is 9.77. The zero-order valence-corrected chi connectivity index (χ0v) is 20.9. The third-order valence-corrected chi connectivity index (χ3v) is 8.16. The first-order valence-corrected chi connectivity index (χ1v) is 13.1. The number of carbonyl (C=O) groups is 2. The van der Waals surface area contributed by atoms with E-state index in [4.69, 9.17) is 4.74 Å². The van der Waals surface area contributed by atoms with Crippen molar-refractivity contribution in [3.63, 3.8) is 0 Å². The van der Waals surface area contributed by atoms with Crippen LogP contribution in [0.4, 0.5) is 0 Å². The van der Waals surface area contributed by atoms with Crippen molar-refractivity contribution in [1.29, 1.82) is 0 Å². The Morgan fingerprint density at radius 2 is 1.74 bits per heavy atom. The summed E-state index contributed by atoms with van der Waals surface area (Å²) in [5.74, 6) is 0.810. The molecule has 1 atom stereocenters. The van der Waals surface area contributed by atoms with Crippen LogP contribution >= 0.6 is 0 Å². The second kappa shape index (κ2) is 10.6. The van der Waals surface area contributed by atoms with E-state index in [0.717, 1.165) is 57.5 Å². The largest absolute Gasteiger partial charge is 0.497 e. The summed E-state index contributed by atoms with van der Waals surface area (Å²) in [7, 11) is 1.67. The highest BCUT2D eigenvalue weighted by atomic mass is 16.5. The highest BCUT2D eigenvalue weighted by molar-refractivity contribution is 6.00. The molecule has 2 aliphatic heterocycles. The number of benzene rings is 1. The SMILES string of the molecule is CCCCN1C(=O)[C@@H](CC2(O)CCCCC2)NC(=O)C12CCN(Cc1ccc(OC)cc1)CC2. The Morgan fingerprint density at radius 3 is 2.35 bits per heavy atom. The number of hydrogen-bond acceptors (Lipinski definition) is 5. The number of unbranched alkanes of at least 4 members (excludes halogenated alkanes) is 1. The third kappa shape index (κ3) is 5.25. The number of carbonyl (C=O) groups excluding carboxylic acids is 2. The van der Waals surface area contributed by atoms with Gasteiger partial charge in [0.25, 0.3) is 0 Å². The van der Waals surface area contributed by atoms with Gasteiger partial charge in [0.15, 0.2) is 0 Å². The molecule has 1 aromatic carbocycles. The number of methoxy groups -OCH3 is 1. The normalized spacial score (nSPS) is 24.8. The minimum atomic E-state index is -0.839. The van der Waals surface area contributed by atoms with Gasteiger partial charge in [0.05, 0.1) is 12.7 Å². The Morgan fingerprint density at radius 1 is 1.06 bits per heavy atom. The summed E-state index contributed by atoms with van der Waals surface area (Å²) in [6.07, 6.45) is 8.00. The molecule has 1 spiro atoms. The summed E-state index contributed by atoms with van der Waals surface area (Å²) >= 11 is 0. The molecule has 2 saturated heterocycles. The van der Waals surface area contributed by atoms with Gasteiger partial charge in [-0.2, -0.15) is 0 Å². The number of nitrogens with zero attached hydrogens (tertiary/aromatic N) is 2. The van der Waals surface area contributed by atoms with E-state index in [9.17, 15) is 14.7 Å². The maximum Gasteiger partial charge on any atom is 0.246 e. The first kappa shape index (κ1) is 25.0. The molecule has 2 N–H and O–H groups in total. The van der Waals surface area contributed by atoms with E-state index in [1.54, 1.807) is 7.11 Å². The molecule has 0 aromatic heterocycles. The van der Waals surface area contributed by atoms with E-state index in [1.165, 1.54) is 5.56 Å². The van der Waals surface area contributed by atoms with E-state index in [2.05, 4.69) is 29.3 Å². The molecule has 3 fully saturated rings. The maximum atomic E-state index is 13.7. The minimum Gasteiger partial charge on any atom is -0.497 e. The molecule has 0 bridgehead atoms. The number of piperidine rings is 1. The van der Waals surface area contributed by atoms with Gasteiger partial charge in [-0.1, -0.05) is 44.7 Å². The van der Waals surface area contributed by atoms with Gasteiger partial charge < -0.3 is 20.1 Å². The summed E-state index contributed by atoms with van der Waals surface area (Å²) in [4.78, 5) is 31.5. The Balaban J connectivity index is 1.44. The molecule has 0 unspecified atom stereocenters. The molecule has 7 heteroatoms. The number of likely N-dealkylation sites (tertiary alicyclic amines) is 1. The molecule has 1 saturated carbocycles. The number of amides is 2. The third-order valence-electron chi connectivity index (χ3n) is 8.16. The van der Waals surface area contributed by atoms with E-state index < -0.39 is 17.2 Å². The van der Waals surface area contributed by atoms with Gasteiger partial charge in [-0.05, 0) is 49.8 Å². The molecular formula is C27H41N3O4. The van der Waals surface area contributed by atoms with Crippen molar-refractivity contribution in [1.82, 2.24) is 15.1 Å². The number of aliphatic hydroxyl groups is 1. The maximum absolute atomic E-state index is 13.7. The van der Waals surface area contributed by atoms with Crippen molar-refractivity contribution in [3.05, 3.63) is 29.8 Å². The zero-order chi connectivity index (χ0) is 24.2. The molecule has 2 amide bonds. The van der Waals surface area contributed by atoms with Crippen LogP contribution in [-0.2, 0) is 16.1 Å². The number of piperazine rings is 1. The van der Waals surface area contributed by atoms with Crippen LogP contribution in [0, 0.1) is 0 Å². The van der Waals surface area contributed by atoms with Crippen LogP contribution < -0.4 is 10.1 Å². The zero-order valence-electron chi connectivity index (χ0n) is 20.9. The minimum absolute atomic E-state index is 0.00403. The molecule has 1 aromatic rings. The van der Waals surface area contributed by atoms with Gasteiger partial charge >= 0.3 is 0 Å². The fraction of sp³-hybridized carbons (Fsp3) is 0.704. The number of nitrogens with one attached hydrogen (secondary N) is 1. The standard InChI is InChI=1S/C27H41N3O4/c1-3-4-16-30-24(31)23(19-26(33)12-6-5-7-13-26)28-25(32)27(30)14-17-29(18-15-27)20-21-8-10-22(34-2)11-9-21/h8-11,23,33H,3-7,12-20H2,1-2H3,(H,28,32)/t23-/m1/s1. The molecule has 4 rings (SSSR count). The fourth-order valence-corrected chi connectivity index (χ4v) is 6.02. The first-order valence-electron chi connectivity index (χ1n) is 13.1. The van der Waals surface area contributed by atoms with Crippen LogP contribution in [0.5, 0.6) is 5.75 Å². The van der Waals surface area contributed by atoms with Crippen molar-refractivity contribution in [2.45, 2.75) is 94.9 Å². The lowest BCUT2D eigenvalue weighted by molar-refractivity contribution is -0.163. The molecule has 0 radical (unpaired) electrons. The molecular weight excluding hydrogens is 430 g/mol. The van der Waals surface area contributed by atoms with Gasteiger partial charge in [-0.15, -0.1) is 0 Å². The summed E-state index contributed by atoms with van der Waals surface area (Å²) < 4.78 is 5.25. The quantitative estimate of drug-likeness (QED) is 0.608. The summed E-state index contributed by atoms with van der Waals surface area (Å²) in [6.45, 7) is 5.07. The Bertz CT molecular complexity index is 842. The van der Waals surface area contributed by atoms with Crippen LogP contribution in [0.15, 0.2) is 24.3 Å². The average Bonchev–Trinajstić information content (AvgIpc) is 2.84. The van der Waals surface area contributed by atoms with E-state index in [-0.39, 0.29) is 11.8 Å². The number of rotatable bonds is 8. The van der Waals surface area contributed by atoms with Crippen LogP contribution in [0.3, 0.4) is 0 Å². The van der Waals surface area contributed by atoms with Gasteiger partial charge in [0.1, 0.15) is 17.3 Å². The Hall–Kier alpha value is -2.12. The van der Waals surface area contributed by atoms with Crippen LogP contribution in [0.1, 0.15) is 76.7 Å². The summed E-state index contributed by atoms with van der Waals surface area (Å²) in [6, 6.07) is 7.49. The van der Waals surface area contributed by atoms with E-state index in [0.29, 0.717) is 38.6 Å². The monoisotopic (exact) mass is 471 g/mol. The molecule has 188 valence electrons. The van der Waals surface area contributed by atoms with Crippen LogP contribution in [0.25, 0.3) is 0 Å². The van der Waals surface area contributed by atoms with Gasteiger partial charge in [0, 0.05) is 32.6 Å². The molecule has 2 heterocycles. The van der Waals surface area contributed by atoms with E-state index in [1.807, 2.05) is 17.0 Å². The predicted molar refractivity (Wildman–Crippen MR) is 131 cm³/mol. The van der Waals surface area contributed by atoms with Gasteiger partial charge in [-0.25, -0.2) is 0 Å². The second-order valence-corrected chi connectivity index (χ2v) is 10.5. The van der Waals surface area contributed by atoms with Crippen molar-refractivity contribution in [2.24, 2.45) is 0 Å². The average molecular weight is 472 g/mol. The lowest BCUT2D eigenvalue weighted by Crippen LogP contribution is -2.73. The van der Waals surface area contributed by atoms with Crippen LogP contribution in [-0.4, -0.2) is 70.6 Å². The molecule has 3 aliphatic rings. The van der Waals surface area contributed by atoms with Gasteiger partial charge in [-0.3, -0.25) is 14.5 Å². The molecule has 34 heavy (non-hydrogen) atoms. The summed E-state index contributed by atoms with van der Waals surface area (Å²) in [5.41, 5.74) is -0.396. The van der Waals surface area contributed by atoms with Crippen LogP contribution in [0.2, 0.25) is 0 Å². The predicted octanol–water partition coefficient (Wildman–Crippen LogP) is 3.24. The smallest absolute Gasteiger partial charge is 0.246 e. The fourth-order valence-electron chi connectivity index (χ4n) is 6.02. The highest BCUT2D eigenvalue weighted by Gasteiger charge is 2.54. The van der Waals surface area contributed by atoms with E-state index >= 15 is 0 Å².